The van der Waals surface area contributed by atoms with Crippen molar-refractivity contribution in [3.05, 3.63) is 11.7 Å². The summed E-state index contributed by atoms with van der Waals surface area (Å²) in [6.07, 6.45) is 6.38. The molecule has 0 radical (unpaired) electrons. The van der Waals surface area contributed by atoms with E-state index in [9.17, 15) is 9.59 Å². The van der Waals surface area contributed by atoms with Crippen molar-refractivity contribution in [1.82, 2.24) is 4.98 Å². The summed E-state index contributed by atoms with van der Waals surface area (Å²) < 4.78 is 0. The smallest absolute Gasteiger partial charge is 0.228 e. The van der Waals surface area contributed by atoms with Crippen LogP contribution in [0.1, 0.15) is 38.5 Å². The lowest BCUT2D eigenvalue weighted by Crippen LogP contribution is -2.38. The van der Waals surface area contributed by atoms with E-state index in [0.717, 1.165) is 30.7 Å². The van der Waals surface area contributed by atoms with Crippen LogP contribution in [0, 0.1) is 0 Å². The van der Waals surface area contributed by atoms with Gasteiger partial charge in [-0.2, -0.15) is 0 Å². The highest BCUT2D eigenvalue weighted by molar-refractivity contribution is 7.14. The summed E-state index contributed by atoms with van der Waals surface area (Å²) in [5.74, 6) is -0.455. The fourth-order valence-corrected chi connectivity index (χ4v) is 3.06. The Kier molecular flexibility index (Phi) is 4.30. The highest BCUT2D eigenvalue weighted by Crippen LogP contribution is 2.31. The molecule has 2 amide bonds. The Morgan fingerprint density at radius 1 is 1.39 bits per heavy atom. The second-order valence-electron chi connectivity index (χ2n) is 4.51. The van der Waals surface area contributed by atoms with E-state index in [0.29, 0.717) is 0 Å². The zero-order valence-corrected chi connectivity index (χ0v) is 11.0. The lowest BCUT2D eigenvalue weighted by atomic mass is 10.2. The summed E-state index contributed by atoms with van der Waals surface area (Å²) in [7, 11) is 0. The summed E-state index contributed by atoms with van der Waals surface area (Å²) >= 11 is 1.46. The maximum absolute atomic E-state index is 12.2. The van der Waals surface area contributed by atoms with Gasteiger partial charge in [0.2, 0.25) is 11.8 Å². The van der Waals surface area contributed by atoms with Gasteiger partial charge in [0.1, 0.15) is 5.00 Å². The number of aromatic nitrogens is 1. The van der Waals surface area contributed by atoms with E-state index < -0.39 is 5.91 Å². The van der Waals surface area contributed by atoms with Crippen LogP contribution >= 0.6 is 11.3 Å². The average Bonchev–Trinajstić information content (AvgIpc) is 2.99. The molecule has 0 atom stereocenters. The van der Waals surface area contributed by atoms with E-state index in [1.54, 1.807) is 11.7 Å². The van der Waals surface area contributed by atoms with Crippen molar-refractivity contribution in [2.75, 3.05) is 4.90 Å². The number of carbonyl (C=O) groups is 2. The topological polar surface area (TPSA) is 76.3 Å². The van der Waals surface area contributed by atoms with Crippen LogP contribution in [0.25, 0.3) is 0 Å². The van der Waals surface area contributed by atoms with Crippen molar-refractivity contribution < 1.29 is 9.59 Å². The molecule has 1 aliphatic carbocycles. The monoisotopic (exact) mass is 267 g/mol. The summed E-state index contributed by atoms with van der Waals surface area (Å²) in [5, 5.41) is 0.872. The molecule has 1 saturated carbocycles. The SMILES string of the molecule is NC(=O)CCC(=O)N(c1cncs1)C1CCCC1. The molecule has 0 aromatic carbocycles. The van der Waals surface area contributed by atoms with Gasteiger partial charge in [-0.15, -0.1) is 11.3 Å². The van der Waals surface area contributed by atoms with Crippen LogP contribution in [0.2, 0.25) is 0 Å². The van der Waals surface area contributed by atoms with Crippen molar-refractivity contribution in [2.24, 2.45) is 5.73 Å². The molecule has 5 nitrogen and oxygen atoms in total. The van der Waals surface area contributed by atoms with Gasteiger partial charge in [-0.3, -0.25) is 19.5 Å². The van der Waals surface area contributed by atoms with Crippen molar-refractivity contribution in [1.29, 1.82) is 0 Å². The molecule has 1 aromatic heterocycles. The molecule has 98 valence electrons. The van der Waals surface area contributed by atoms with Gasteiger partial charge in [-0.05, 0) is 12.8 Å². The number of hydrogen-bond donors (Lipinski definition) is 1. The second-order valence-corrected chi connectivity index (χ2v) is 5.37. The molecule has 6 heteroatoms. The molecule has 0 bridgehead atoms. The van der Waals surface area contributed by atoms with E-state index in [1.807, 2.05) is 4.90 Å². The quantitative estimate of drug-likeness (QED) is 0.881. The van der Waals surface area contributed by atoms with Gasteiger partial charge in [0.15, 0.2) is 0 Å². The maximum atomic E-state index is 12.2. The Hall–Kier alpha value is -1.43. The first-order valence-electron chi connectivity index (χ1n) is 6.17. The van der Waals surface area contributed by atoms with Crippen molar-refractivity contribution in [3.8, 4) is 0 Å². The number of thiazole rings is 1. The zero-order valence-electron chi connectivity index (χ0n) is 10.2. The minimum absolute atomic E-state index is 0.0232. The average molecular weight is 267 g/mol. The van der Waals surface area contributed by atoms with E-state index >= 15 is 0 Å². The molecule has 2 N–H and O–H groups in total. The Morgan fingerprint density at radius 3 is 2.67 bits per heavy atom. The number of nitrogens with zero attached hydrogens (tertiary/aromatic N) is 2. The third kappa shape index (κ3) is 3.07. The number of amides is 2. The van der Waals surface area contributed by atoms with Crippen molar-refractivity contribution in [2.45, 2.75) is 44.6 Å². The highest BCUT2D eigenvalue weighted by Gasteiger charge is 2.28. The third-order valence-electron chi connectivity index (χ3n) is 3.20. The zero-order chi connectivity index (χ0) is 13.0. The number of carbonyl (C=O) groups excluding carboxylic acids is 2. The predicted octanol–water partition coefficient (Wildman–Crippen LogP) is 1.68. The van der Waals surface area contributed by atoms with Gasteiger partial charge in [0.05, 0.1) is 11.7 Å². The third-order valence-corrected chi connectivity index (χ3v) is 3.97. The van der Waals surface area contributed by atoms with Gasteiger partial charge in [-0.1, -0.05) is 12.8 Å². The molecule has 2 rings (SSSR count). The predicted molar refractivity (Wildman–Crippen MR) is 70.3 cm³/mol. The standard InChI is InChI=1S/C12H17N3O2S/c13-10(16)5-6-11(17)15(9-3-1-2-4-9)12-7-14-8-18-12/h7-9H,1-6H2,(H2,13,16). The van der Waals surface area contributed by atoms with E-state index in [4.69, 9.17) is 5.73 Å². The molecule has 1 fully saturated rings. The van der Waals surface area contributed by atoms with Gasteiger partial charge < -0.3 is 5.73 Å². The molecule has 1 aliphatic rings. The number of nitrogens with two attached hydrogens (primary N) is 1. The molecule has 0 saturated heterocycles. The van der Waals surface area contributed by atoms with E-state index in [2.05, 4.69) is 4.98 Å². The van der Waals surface area contributed by atoms with E-state index in [-0.39, 0.29) is 24.8 Å². The van der Waals surface area contributed by atoms with Crippen LogP contribution in [-0.2, 0) is 9.59 Å². The largest absolute Gasteiger partial charge is 0.370 e. The Bertz CT molecular complexity index is 413. The molecule has 1 heterocycles. The van der Waals surface area contributed by atoms with Gasteiger partial charge in [-0.25, -0.2) is 0 Å². The minimum atomic E-state index is -0.431. The van der Waals surface area contributed by atoms with Crippen molar-refractivity contribution in [3.63, 3.8) is 0 Å². The Balaban J connectivity index is 2.09. The van der Waals surface area contributed by atoms with Gasteiger partial charge in [0, 0.05) is 18.9 Å². The van der Waals surface area contributed by atoms with Crippen molar-refractivity contribution >= 4 is 28.2 Å². The number of hydrogen-bond acceptors (Lipinski definition) is 4. The normalized spacial score (nSPS) is 15.8. The lowest BCUT2D eigenvalue weighted by molar-refractivity contribution is -0.123. The summed E-state index contributed by atoms with van der Waals surface area (Å²) in [5.41, 5.74) is 6.81. The summed E-state index contributed by atoms with van der Waals surface area (Å²) in [6.45, 7) is 0. The molecule has 0 unspecified atom stereocenters. The fourth-order valence-electron chi connectivity index (χ4n) is 2.35. The second kappa shape index (κ2) is 5.95. The van der Waals surface area contributed by atoms with Crippen LogP contribution in [0.3, 0.4) is 0 Å². The fraction of sp³-hybridized carbons (Fsp3) is 0.583. The summed E-state index contributed by atoms with van der Waals surface area (Å²) in [4.78, 5) is 28.8. The molecule has 18 heavy (non-hydrogen) atoms. The highest BCUT2D eigenvalue weighted by atomic mass is 32.1. The van der Waals surface area contributed by atoms with Gasteiger partial charge in [0.25, 0.3) is 0 Å². The number of anilines is 1. The minimum Gasteiger partial charge on any atom is -0.370 e. The first-order chi connectivity index (χ1) is 8.68. The van der Waals surface area contributed by atoms with Gasteiger partial charge >= 0.3 is 0 Å². The Morgan fingerprint density at radius 2 is 2.11 bits per heavy atom. The van der Waals surface area contributed by atoms with Crippen LogP contribution < -0.4 is 10.6 Å². The molecule has 0 aliphatic heterocycles. The maximum Gasteiger partial charge on any atom is 0.228 e. The van der Waals surface area contributed by atoms with Crippen LogP contribution in [0.15, 0.2) is 11.7 Å². The van der Waals surface area contributed by atoms with Crippen LogP contribution in [0.5, 0.6) is 0 Å². The number of primary amides is 1. The van der Waals surface area contributed by atoms with Crippen LogP contribution in [0.4, 0.5) is 5.00 Å². The molecule has 1 aromatic rings. The molecular formula is C12H17N3O2S. The molecule has 0 spiro atoms. The lowest BCUT2D eigenvalue weighted by Gasteiger charge is -2.27. The first-order valence-corrected chi connectivity index (χ1v) is 7.05. The first kappa shape index (κ1) is 13.0. The van der Waals surface area contributed by atoms with E-state index in [1.165, 1.54) is 11.3 Å². The number of rotatable bonds is 5. The molecular weight excluding hydrogens is 250 g/mol. The van der Waals surface area contributed by atoms with Crippen LogP contribution in [-0.4, -0.2) is 22.8 Å². The Labute approximate surface area is 110 Å². The summed E-state index contributed by atoms with van der Waals surface area (Å²) in [6, 6.07) is 0.255.